The molecule has 124 valence electrons. The largest absolute Gasteiger partial charge is 0.342 e. The van der Waals surface area contributed by atoms with Gasteiger partial charge in [-0.05, 0) is 30.9 Å². The molecule has 2 aliphatic heterocycles. The van der Waals surface area contributed by atoms with Crippen LogP contribution in [-0.2, 0) is 9.59 Å². The number of para-hydroxylation sites is 1. The van der Waals surface area contributed by atoms with E-state index in [-0.39, 0.29) is 24.2 Å². The van der Waals surface area contributed by atoms with E-state index in [0.29, 0.717) is 28.2 Å². The van der Waals surface area contributed by atoms with Gasteiger partial charge < -0.3 is 9.80 Å². The van der Waals surface area contributed by atoms with E-state index in [2.05, 4.69) is 6.92 Å². The maximum atomic E-state index is 12.7. The smallest absolute Gasteiger partial charge is 0.228 e. The highest BCUT2D eigenvalue weighted by atomic mass is 35.5. The molecular formula is C17H20Cl2N2O2. The van der Waals surface area contributed by atoms with Crippen LogP contribution >= 0.6 is 23.2 Å². The first kappa shape index (κ1) is 16.6. The number of halogens is 2. The summed E-state index contributed by atoms with van der Waals surface area (Å²) < 4.78 is 0. The van der Waals surface area contributed by atoms with Gasteiger partial charge in [-0.2, -0.15) is 0 Å². The lowest BCUT2D eigenvalue weighted by atomic mass is 9.97. The molecule has 0 radical (unpaired) electrons. The zero-order valence-electron chi connectivity index (χ0n) is 13.1. The average Bonchev–Trinajstić information content (AvgIpc) is 2.89. The van der Waals surface area contributed by atoms with E-state index in [1.807, 2.05) is 4.90 Å². The van der Waals surface area contributed by atoms with Gasteiger partial charge in [-0.15, -0.1) is 0 Å². The summed E-state index contributed by atoms with van der Waals surface area (Å²) >= 11 is 12.4. The Hall–Kier alpha value is -1.26. The topological polar surface area (TPSA) is 40.6 Å². The van der Waals surface area contributed by atoms with Crippen molar-refractivity contribution in [2.24, 2.45) is 11.8 Å². The highest BCUT2D eigenvalue weighted by Gasteiger charge is 2.39. The Morgan fingerprint density at radius 1 is 1.17 bits per heavy atom. The molecule has 0 saturated carbocycles. The standard InChI is InChI=1S/C17H20Cl2N2O2/c1-11-5-7-20(8-6-11)17(23)12-9-15(22)21(10-12)16-13(18)3-2-4-14(16)19/h2-4,11-12H,5-10H2,1H3. The Balaban J connectivity index is 1.74. The zero-order chi connectivity index (χ0) is 16.6. The average molecular weight is 355 g/mol. The molecule has 0 aromatic heterocycles. The monoisotopic (exact) mass is 354 g/mol. The molecule has 1 aromatic carbocycles. The van der Waals surface area contributed by atoms with Crippen LogP contribution in [0.4, 0.5) is 5.69 Å². The van der Waals surface area contributed by atoms with Crippen LogP contribution in [0.5, 0.6) is 0 Å². The Morgan fingerprint density at radius 2 is 1.78 bits per heavy atom. The zero-order valence-corrected chi connectivity index (χ0v) is 14.6. The minimum Gasteiger partial charge on any atom is -0.342 e. The van der Waals surface area contributed by atoms with Crippen LogP contribution in [0.1, 0.15) is 26.2 Å². The van der Waals surface area contributed by atoms with Crippen molar-refractivity contribution >= 4 is 40.7 Å². The van der Waals surface area contributed by atoms with Crippen LogP contribution in [-0.4, -0.2) is 36.3 Å². The molecule has 1 atom stereocenters. The maximum Gasteiger partial charge on any atom is 0.228 e. The van der Waals surface area contributed by atoms with Crippen LogP contribution in [0.3, 0.4) is 0 Å². The molecule has 2 amide bonds. The molecule has 3 rings (SSSR count). The molecule has 2 fully saturated rings. The molecule has 4 nitrogen and oxygen atoms in total. The number of rotatable bonds is 2. The number of amides is 2. The fourth-order valence-corrected chi connectivity index (χ4v) is 3.92. The molecule has 2 saturated heterocycles. The van der Waals surface area contributed by atoms with Gasteiger partial charge in [0.15, 0.2) is 0 Å². The second kappa shape index (κ2) is 6.70. The predicted octanol–water partition coefficient (Wildman–Crippen LogP) is 3.60. The van der Waals surface area contributed by atoms with Crippen molar-refractivity contribution in [3.63, 3.8) is 0 Å². The second-order valence-electron chi connectivity index (χ2n) is 6.48. The minimum absolute atomic E-state index is 0.0796. The summed E-state index contributed by atoms with van der Waals surface area (Å²) in [5, 5.41) is 0.872. The number of likely N-dealkylation sites (tertiary alicyclic amines) is 1. The van der Waals surface area contributed by atoms with Crippen molar-refractivity contribution in [3.05, 3.63) is 28.2 Å². The Kier molecular flexibility index (Phi) is 4.83. The van der Waals surface area contributed by atoms with Crippen molar-refractivity contribution in [1.29, 1.82) is 0 Å². The van der Waals surface area contributed by atoms with Crippen molar-refractivity contribution in [3.8, 4) is 0 Å². The minimum atomic E-state index is -0.303. The van der Waals surface area contributed by atoms with E-state index in [1.165, 1.54) is 0 Å². The van der Waals surface area contributed by atoms with E-state index < -0.39 is 0 Å². The number of nitrogens with zero attached hydrogens (tertiary/aromatic N) is 2. The van der Waals surface area contributed by atoms with E-state index in [1.54, 1.807) is 23.1 Å². The lowest BCUT2D eigenvalue weighted by molar-refractivity contribution is -0.137. The number of piperidine rings is 1. The molecule has 1 aromatic rings. The third-order valence-corrected chi connectivity index (χ3v) is 5.39. The number of benzene rings is 1. The van der Waals surface area contributed by atoms with Crippen molar-refractivity contribution < 1.29 is 9.59 Å². The van der Waals surface area contributed by atoms with Gasteiger partial charge in [0.05, 0.1) is 21.7 Å². The molecule has 0 N–H and O–H groups in total. The first-order chi connectivity index (χ1) is 11.0. The summed E-state index contributed by atoms with van der Waals surface area (Å²) in [4.78, 5) is 28.5. The van der Waals surface area contributed by atoms with Gasteiger partial charge in [-0.25, -0.2) is 0 Å². The number of hydrogen-bond acceptors (Lipinski definition) is 2. The quantitative estimate of drug-likeness (QED) is 0.813. The van der Waals surface area contributed by atoms with Gasteiger partial charge in [0, 0.05) is 26.1 Å². The van der Waals surface area contributed by atoms with Gasteiger partial charge in [0.2, 0.25) is 11.8 Å². The van der Waals surface area contributed by atoms with Crippen molar-refractivity contribution in [1.82, 2.24) is 4.90 Å². The number of hydrogen-bond donors (Lipinski definition) is 0. The van der Waals surface area contributed by atoms with Gasteiger partial charge in [0.1, 0.15) is 0 Å². The number of anilines is 1. The highest BCUT2D eigenvalue weighted by Crippen LogP contribution is 2.37. The molecule has 0 aliphatic carbocycles. The first-order valence-electron chi connectivity index (χ1n) is 8.00. The van der Waals surface area contributed by atoms with Crippen LogP contribution < -0.4 is 4.90 Å². The number of carbonyl (C=O) groups excluding carboxylic acids is 2. The molecule has 23 heavy (non-hydrogen) atoms. The fraction of sp³-hybridized carbons (Fsp3) is 0.529. The van der Waals surface area contributed by atoms with Crippen LogP contribution in [0, 0.1) is 11.8 Å². The van der Waals surface area contributed by atoms with E-state index in [0.717, 1.165) is 25.9 Å². The summed E-state index contributed by atoms with van der Waals surface area (Å²) in [6.07, 6.45) is 2.30. The third-order valence-electron chi connectivity index (χ3n) is 4.78. The predicted molar refractivity (Wildman–Crippen MR) is 91.9 cm³/mol. The molecule has 6 heteroatoms. The van der Waals surface area contributed by atoms with Gasteiger partial charge in [-0.1, -0.05) is 36.2 Å². The first-order valence-corrected chi connectivity index (χ1v) is 8.76. The van der Waals surface area contributed by atoms with Crippen molar-refractivity contribution in [2.75, 3.05) is 24.5 Å². The highest BCUT2D eigenvalue weighted by molar-refractivity contribution is 6.40. The maximum absolute atomic E-state index is 12.7. The van der Waals surface area contributed by atoms with Gasteiger partial charge in [-0.3, -0.25) is 9.59 Å². The summed E-state index contributed by atoms with van der Waals surface area (Å²) in [6.45, 7) is 4.14. The lowest BCUT2D eigenvalue weighted by Crippen LogP contribution is -2.42. The summed E-state index contributed by atoms with van der Waals surface area (Å²) in [5.74, 6) is 0.352. The third kappa shape index (κ3) is 3.33. The Labute approximate surface area is 146 Å². The van der Waals surface area contributed by atoms with Crippen LogP contribution in [0.15, 0.2) is 18.2 Å². The molecular weight excluding hydrogens is 335 g/mol. The molecule has 1 unspecified atom stereocenters. The molecule has 0 bridgehead atoms. The van der Waals surface area contributed by atoms with E-state index in [9.17, 15) is 9.59 Å². The summed E-state index contributed by atoms with van der Waals surface area (Å²) in [5.41, 5.74) is 0.517. The molecule has 2 heterocycles. The van der Waals surface area contributed by atoms with Crippen LogP contribution in [0.25, 0.3) is 0 Å². The SMILES string of the molecule is CC1CCN(C(=O)C2CC(=O)N(c3c(Cl)cccc3Cl)C2)CC1. The number of carbonyl (C=O) groups is 2. The summed E-state index contributed by atoms with van der Waals surface area (Å²) in [6, 6.07) is 5.15. The molecule has 2 aliphatic rings. The van der Waals surface area contributed by atoms with E-state index >= 15 is 0 Å². The van der Waals surface area contributed by atoms with Crippen LogP contribution in [0.2, 0.25) is 10.0 Å². The summed E-state index contributed by atoms with van der Waals surface area (Å²) in [7, 11) is 0. The van der Waals surface area contributed by atoms with E-state index in [4.69, 9.17) is 23.2 Å². The fourth-order valence-electron chi connectivity index (χ4n) is 3.32. The van der Waals surface area contributed by atoms with Crippen molar-refractivity contribution in [2.45, 2.75) is 26.2 Å². The molecule has 0 spiro atoms. The normalized spacial score (nSPS) is 22.7. The van der Waals surface area contributed by atoms with Gasteiger partial charge in [0.25, 0.3) is 0 Å². The lowest BCUT2D eigenvalue weighted by Gasteiger charge is -2.32. The Morgan fingerprint density at radius 3 is 2.39 bits per heavy atom. The second-order valence-corrected chi connectivity index (χ2v) is 7.30. The Bertz CT molecular complexity index is 607. The van der Waals surface area contributed by atoms with Gasteiger partial charge >= 0.3 is 0 Å².